The Balaban J connectivity index is 3.05. The lowest BCUT2D eigenvalue weighted by atomic mass is 10.1. The summed E-state index contributed by atoms with van der Waals surface area (Å²) in [6, 6.07) is 9.04. The van der Waals surface area contributed by atoms with Crippen molar-refractivity contribution in [2.24, 2.45) is 0 Å². The first kappa shape index (κ1) is 12.9. The van der Waals surface area contributed by atoms with E-state index in [4.69, 9.17) is 4.18 Å². The highest BCUT2D eigenvalue weighted by molar-refractivity contribution is 7.87. The van der Waals surface area contributed by atoms with Gasteiger partial charge >= 0.3 is 0 Å². The van der Waals surface area contributed by atoms with E-state index in [2.05, 4.69) is 6.58 Å². The lowest BCUT2D eigenvalue weighted by Gasteiger charge is -2.15. The van der Waals surface area contributed by atoms with Crippen LogP contribution in [-0.4, -0.2) is 15.0 Å². The fraction of sp³-hybridized carbons (Fsp3) is 0.333. The molecule has 1 unspecified atom stereocenters. The number of hydrogen-bond acceptors (Lipinski definition) is 3. The molecule has 0 saturated heterocycles. The van der Waals surface area contributed by atoms with Gasteiger partial charge in [-0.05, 0) is 18.9 Å². The first-order chi connectivity index (χ1) is 7.61. The topological polar surface area (TPSA) is 43.4 Å². The van der Waals surface area contributed by atoms with E-state index < -0.39 is 15.4 Å². The smallest absolute Gasteiger partial charge is 0.270 e. The van der Waals surface area contributed by atoms with Gasteiger partial charge in [-0.1, -0.05) is 36.4 Å². The van der Waals surface area contributed by atoms with Crippen LogP contribution in [0.15, 0.2) is 43.0 Å². The van der Waals surface area contributed by atoms with Crippen molar-refractivity contribution in [3.05, 3.63) is 48.6 Å². The van der Waals surface area contributed by atoms with Gasteiger partial charge in [-0.3, -0.25) is 4.18 Å². The predicted octanol–water partition coefficient (Wildman–Crippen LogP) is 2.67. The van der Waals surface area contributed by atoms with E-state index in [1.54, 1.807) is 25.1 Å². The van der Waals surface area contributed by atoms with Crippen LogP contribution in [0, 0.1) is 0 Å². The van der Waals surface area contributed by atoms with Gasteiger partial charge in [0.15, 0.2) is 0 Å². The molecule has 4 heteroatoms. The van der Waals surface area contributed by atoms with Crippen LogP contribution in [-0.2, 0) is 14.3 Å². The van der Waals surface area contributed by atoms with E-state index in [1.807, 2.05) is 18.2 Å². The van der Waals surface area contributed by atoms with E-state index in [1.165, 1.54) is 0 Å². The van der Waals surface area contributed by atoms with E-state index >= 15 is 0 Å². The molecule has 0 spiro atoms. The third-order valence-corrected chi connectivity index (χ3v) is 3.91. The molecule has 0 aliphatic rings. The molecule has 0 radical (unpaired) electrons. The lowest BCUT2D eigenvalue weighted by Crippen LogP contribution is -2.16. The third kappa shape index (κ3) is 3.18. The summed E-state index contributed by atoms with van der Waals surface area (Å²) in [5, 5.41) is -0.661. The van der Waals surface area contributed by atoms with Crippen LogP contribution in [0.4, 0.5) is 0 Å². The van der Waals surface area contributed by atoms with E-state index in [0.29, 0.717) is 6.42 Å². The molecule has 1 atom stereocenters. The van der Waals surface area contributed by atoms with Gasteiger partial charge in [0.2, 0.25) is 0 Å². The quantitative estimate of drug-likeness (QED) is 0.567. The molecule has 0 aliphatic carbocycles. The zero-order valence-electron chi connectivity index (χ0n) is 9.30. The molecule has 0 aromatic heterocycles. The van der Waals surface area contributed by atoms with Crippen molar-refractivity contribution in [2.45, 2.75) is 18.6 Å². The van der Waals surface area contributed by atoms with E-state index in [0.717, 1.165) is 5.56 Å². The molecule has 0 bridgehead atoms. The van der Waals surface area contributed by atoms with Gasteiger partial charge in [-0.2, -0.15) is 8.42 Å². The monoisotopic (exact) mass is 240 g/mol. The number of benzene rings is 1. The molecule has 0 aliphatic heterocycles. The summed E-state index contributed by atoms with van der Waals surface area (Å²) < 4.78 is 28.5. The molecule has 16 heavy (non-hydrogen) atoms. The highest BCUT2D eigenvalue weighted by atomic mass is 32.2. The summed E-state index contributed by atoms with van der Waals surface area (Å²) in [6.45, 7) is 5.40. The summed E-state index contributed by atoms with van der Waals surface area (Å²) in [5.74, 6) is 0. The summed E-state index contributed by atoms with van der Waals surface area (Å²) >= 11 is 0. The van der Waals surface area contributed by atoms with Crippen molar-refractivity contribution >= 4 is 10.1 Å². The van der Waals surface area contributed by atoms with Crippen molar-refractivity contribution in [1.82, 2.24) is 0 Å². The number of rotatable bonds is 6. The van der Waals surface area contributed by atoms with Crippen molar-refractivity contribution in [1.29, 1.82) is 0 Å². The van der Waals surface area contributed by atoms with Gasteiger partial charge in [-0.25, -0.2) is 0 Å². The summed E-state index contributed by atoms with van der Waals surface area (Å²) in [7, 11) is -3.56. The summed E-state index contributed by atoms with van der Waals surface area (Å²) in [6.07, 6.45) is 1.95. The van der Waals surface area contributed by atoms with Gasteiger partial charge in [0, 0.05) is 0 Å². The largest absolute Gasteiger partial charge is 0.274 e. The van der Waals surface area contributed by atoms with Crippen molar-refractivity contribution in [3.63, 3.8) is 0 Å². The standard InChI is InChI=1S/C12H16O3S/c1-3-8-12(16(13,14)15-4-2)11-9-6-5-7-10-11/h3,5-7,9-10,12H,1,4,8H2,2H3. The zero-order valence-corrected chi connectivity index (χ0v) is 10.1. The molecular formula is C12H16O3S. The Morgan fingerprint density at radius 2 is 2.00 bits per heavy atom. The second kappa shape index (κ2) is 5.82. The molecule has 3 nitrogen and oxygen atoms in total. The van der Waals surface area contributed by atoms with Crippen LogP contribution in [0.25, 0.3) is 0 Å². The van der Waals surface area contributed by atoms with Crippen LogP contribution in [0.2, 0.25) is 0 Å². The average Bonchev–Trinajstić information content (AvgIpc) is 2.27. The van der Waals surface area contributed by atoms with Gasteiger partial charge in [-0.15, -0.1) is 6.58 Å². The van der Waals surface area contributed by atoms with Gasteiger partial charge in [0.1, 0.15) is 5.25 Å². The lowest BCUT2D eigenvalue weighted by molar-refractivity contribution is 0.331. The first-order valence-corrected chi connectivity index (χ1v) is 6.63. The maximum Gasteiger partial charge on any atom is 0.274 e. The first-order valence-electron chi connectivity index (χ1n) is 5.16. The molecule has 1 rings (SSSR count). The van der Waals surface area contributed by atoms with E-state index in [9.17, 15) is 8.42 Å². The molecule has 0 fully saturated rings. The Morgan fingerprint density at radius 1 is 1.38 bits per heavy atom. The van der Waals surface area contributed by atoms with E-state index in [-0.39, 0.29) is 6.61 Å². The third-order valence-electron chi connectivity index (χ3n) is 2.18. The molecule has 0 heterocycles. The Bertz CT molecular complexity index is 423. The number of allylic oxidation sites excluding steroid dienone is 1. The molecule has 1 aromatic rings. The predicted molar refractivity (Wildman–Crippen MR) is 64.5 cm³/mol. The summed E-state index contributed by atoms with van der Waals surface area (Å²) in [4.78, 5) is 0. The van der Waals surface area contributed by atoms with Crippen molar-refractivity contribution < 1.29 is 12.6 Å². The van der Waals surface area contributed by atoms with Crippen LogP contribution in [0.5, 0.6) is 0 Å². The Morgan fingerprint density at radius 3 is 2.50 bits per heavy atom. The van der Waals surface area contributed by atoms with Gasteiger partial charge < -0.3 is 0 Å². The maximum atomic E-state index is 11.9. The molecule has 0 amide bonds. The molecule has 1 aromatic carbocycles. The average molecular weight is 240 g/mol. The Labute approximate surface area is 96.9 Å². The van der Waals surface area contributed by atoms with Crippen LogP contribution >= 0.6 is 0 Å². The van der Waals surface area contributed by atoms with Gasteiger partial charge in [0.05, 0.1) is 6.61 Å². The second-order valence-electron chi connectivity index (χ2n) is 3.32. The molecule has 0 saturated carbocycles. The Hall–Kier alpha value is -1.13. The minimum atomic E-state index is -3.56. The van der Waals surface area contributed by atoms with Gasteiger partial charge in [0.25, 0.3) is 10.1 Å². The fourth-order valence-corrected chi connectivity index (χ4v) is 2.84. The minimum Gasteiger partial charge on any atom is -0.270 e. The fourth-order valence-electron chi connectivity index (χ4n) is 1.49. The molecule has 88 valence electrons. The van der Waals surface area contributed by atoms with Crippen molar-refractivity contribution in [3.8, 4) is 0 Å². The normalized spacial score (nSPS) is 13.3. The summed E-state index contributed by atoms with van der Waals surface area (Å²) in [5.41, 5.74) is 0.732. The Kier molecular flexibility index (Phi) is 4.71. The number of hydrogen-bond donors (Lipinski definition) is 0. The highest BCUT2D eigenvalue weighted by Crippen LogP contribution is 2.27. The van der Waals surface area contributed by atoms with Crippen LogP contribution < -0.4 is 0 Å². The highest BCUT2D eigenvalue weighted by Gasteiger charge is 2.26. The van der Waals surface area contributed by atoms with Crippen molar-refractivity contribution in [2.75, 3.05) is 6.61 Å². The molecular weight excluding hydrogens is 224 g/mol. The SMILES string of the molecule is C=CCC(c1ccccc1)S(=O)(=O)OCC. The second-order valence-corrected chi connectivity index (χ2v) is 5.11. The molecule has 0 N–H and O–H groups in total. The van der Waals surface area contributed by atoms with Crippen LogP contribution in [0.1, 0.15) is 24.2 Å². The zero-order chi connectivity index (χ0) is 12.0. The minimum absolute atomic E-state index is 0.156. The van der Waals surface area contributed by atoms with Crippen LogP contribution in [0.3, 0.4) is 0 Å². The maximum absolute atomic E-state index is 11.9.